The fourth-order valence-electron chi connectivity index (χ4n) is 3.63. The zero-order valence-electron chi connectivity index (χ0n) is 13.8. The average molecular weight is 329 g/mol. The maximum absolute atomic E-state index is 9.81. The van der Waals surface area contributed by atoms with Crippen molar-refractivity contribution >= 4 is 5.69 Å². The van der Waals surface area contributed by atoms with Crippen molar-refractivity contribution in [2.75, 3.05) is 5.32 Å². The number of nitrogens with zero attached hydrogens (tertiary/aromatic N) is 4. The maximum atomic E-state index is 9.81. The maximum Gasteiger partial charge on any atom is 0.0842 e. The molecular weight excluding hydrogens is 310 g/mol. The van der Waals surface area contributed by atoms with Crippen LogP contribution >= 0.6 is 0 Å². The monoisotopic (exact) mass is 329 g/mol. The zero-order valence-corrected chi connectivity index (χ0v) is 13.8. The number of aromatic nitrogens is 3. The van der Waals surface area contributed by atoms with Crippen molar-refractivity contribution in [3.8, 4) is 11.8 Å². The SMILES string of the molecule is N#CC1(c2ccccc2)CCC(Nc2cnn(-c3ccncc3)c2)C1. The Hall–Kier alpha value is -3.13. The Morgan fingerprint density at radius 3 is 2.72 bits per heavy atom. The van der Waals surface area contributed by atoms with E-state index in [-0.39, 0.29) is 11.5 Å². The number of hydrogen-bond donors (Lipinski definition) is 1. The highest BCUT2D eigenvalue weighted by atomic mass is 15.3. The minimum Gasteiger partial charge on any atom is -0.380 e. The third kappa shape index (κ3) is 2.99. The lowest BCUT2D eigenvalue weighted by Gasteiger charge is -2.21. The first-order valence-electron chi connectivity index (χ1n) is 8.47. The van der Waals surface area contributed by atoms with Crippen LogP contribution in [0.25, 0.3) is 5.69 Å². The predicted octanol–water partition coefficient (Wildman–Crippen LogP) is 3.69. The highest BCUT2D eigenvalue weighted by molar-refractivity contribution is 5.44. The molecule has 1 aromatic carbocycles. The number of anilines is 1. The highest BCUT2D eigenvalue weighted by Crippen LogP contribution is 2.41. The van der Waals surface area contributed by atoms with Crippen LogP contribution in [0.3, 0.4) is 0 Å². The smallest absolute Gasteiger partial charge is 0.0842 e. The number of nitriles is 1. The van der Waals surface area contributed by atoms with E-state index < -0.39 is 0 Å². The summed E-state index contributed by atoms with van der Waals surface area (Å²) in [5.74, 6) is 0. The number of nitrogens with one attached hydrogen (secondary N) is 1. The van der Waals surface area contributed by atoms with Crippen LogP contribution in [-0.4, -0.2) is 20.8 Å². The zero-order chi connectivity index (χ0) is 17.1. The lowest BCUT2D eigenvalue weighted by Crippen LogP contribution is -2.23. The van der Waals surface area contributed by atoms with Crippen molar-refractivity contribution in [2.24, 2.45) is 0 Å². The Balaban J connectivity index is 1.48. The summed E-state index contributed by atoms with van der Waals surface area (Å²) < 4.78 is 1.83. The second-order valence-electron chi connectivity index (χ2n) is 6.52. The van der Waals surface area contributed by atoms with Gasteiger partial charge in [0.2, 0.25) is 0 Å². The first-order chi connectivity index (χ1) is 12.3. The van der Waals surface area contributed by atoms with Gasteiger partial charge in [-0.1, -0.05) is 30.3 Å². The van der Waals surface area contributed by atoms with E-state index in [4.69, 9.17) is 0 Å². The standard InChI is InChI=1S/C20H19N5/c21-15-20(16-4-2-1-3-5-16)9-6-17(12-20)24-18-13-23-25(14-18)19-7-10-22-11-8-19/h1-5,7-8,10-11,13-14,17,24H,6,9,12H2. The van der Waals surface area contributed by atoms with Crippen LogP contribution < -0.4 is 5.32 Å². The Morgan fingerprint density at radius 1 is 1.16 bits per heavy atom. The van der Waals surface area contributed by atoms with Crippen LogP contribution in [0.1, 0.15) is 24.8 Å². The Morgan fingerprint density at radius 2 is 1.96 bits per heavy atom. The first-order valence-corrected chi connectivity index (χ1v) is 8.47. The van der Waals surface area contributed by atoms with Crippen LogP contribution in [0.15, 0.2) is 67.3 Å². The van der Waals surface area contributed by atoms with Crippen molar-refractivity contribution < 1.29 is 0 Å². The molecule has 0 saturated heterocycles. The molecule has 0 spiro atoms. The minimum atomic E-state index is -0.389. The normalized spacial score (nSPS) is 22.4. The second kappa shape index (κ2) is 6.40. The lowest BCUT2D eigenvalue weighted by molar-refractivity contribution is 0.565. The van der Waals surface area contributed by atoms with E-state index >= 15 is 0 Å². The van der Waals surface area contributed by atoms with Gasteiger partial charge in [0.05, 0.1) is 35.3 Å². The minimum absolute atomic E-state index is 0.273. The van der Waals surface area contributed by atoms with Crippen LogP contribution in [0.4, 0.5) is 5.69 Å². The molecule has 5 nitrogen and oxygen atoms in total. The Labute approximate surface area is 146 Å². The van der Waals surface area contributed by atoms with Gasteiger partial charge in [-0.05, 0) is 37.0 Å². The van der Waals surface area contributed by atoms with Gasteiger partial charge in [-0.3, -0.25) is 4.98 Å². The van der Waals surface area contributed by atoms with Gasteiger partial charge in [-0.2, -0.15) is 10.4 Å². The summed E-state index contributed by atoms with van der Waals surface area (Å²) in [6, 6.07) is 16.8. The fraction of sp³-hybridized carbons (Fsp3) is 0.250. The topological polar surface area (TPSA) is 66.5 Å². The third-order valence-corrected chi connectivity index (χ3v) is 4.94. The van der Waals surface area contributed by atoms with E-state index in [1.165, 1.54) is 0 Å². The molecule has 5 heteroatoms. The molecule has 0 aliphatic heterocycles. The quantitative estimate of drug-likeness (QED) is 0.792. The van der Waals surface area contributed by atoms with Gasteiger partial charge in [0.1, 0.15) is 0 Å². The fourth-order valence-corrected chi connectivity index (χ4v) is 3.63. The summed E-state index contributed by atoms with van der Waals surface area (Å²) in [6.07, 6.45) is 9.98. The summed E-state index contributed by atoms with van der Waals surface area (Å²) >= 11 is 0. The van der Waals surface area contributed by atoms with Gasteiger partial charge < -0.3 is 5.32 Å². The Bertz CT molecular complexity index is 881. The van der Waals surface area contributed by atoms with E-state index in [1.54, 1.807) is 12.4 Å². The summed E-state index contributed by atoms with van der Waals surface area (Å²) in [6.45, 7) is 0. The average Bonchev–Trinajstić information content (AvgIpc) is 3.31. The largest absolute Gasteiger partial charge is 0.380 e. The third-order valence-electron chi connectivity index (χ3n) is 4.94. The van der Waals surface area contributed by atoms with Gasteiger partial charge in [-0.15, -0.1) is 0 Å². The molecule has 1 fully saturated rings. The van der Waals surface area contributed by atoms with E-state index in [1.807, 2.05) is 47.4 Å². The van der Waals surface area contributed by atoms with Crippen LogP contribution in [0.5, 0.6) is 0 Å². The van der Waals surface area contributed by atoms with Crippen LogP contribution in [-0.2, 0) is 5.41 Å². The van der Waals surface area contributed by atoms with E-state index in [2.05, 4.69) is 33.6 Å². The molecule has 0 radical (unpaired) electrons. The molecule has 1 aliphatic carbocycles. The molecule has 2 atom stereocenters. The van der Waals surface area contributed by atoms with Crippen molar-refractivity contribution in [3.05, 3.63) is 72.8 Å². The van der Waals surface area contributed by atoms with Crippen LogP contribution in [0, 0.1) is 11.3 Å². The molecule has 2 unspecified atom stereocenters. The summed E-state index contributed by atoms with van der Waals surface area (Å²) in [4.78, 5) is 4.03. The van der Waals surface area contributed by atoms with Crippen molar-refractivity contribution in [2.45, 2.75) is 30.7 Å². The molecule has 1 saturated carbocycles. The number of rotatable bonds is 4. The lowest BCUT2D eigenvalue weighted by atomic mass is 9.80. The van der Waals surface area contributed by atoms with Crippen molar-refractivity contribution in [1.29, 1.82) is 5.26 Å². The second-order valence-corrected chi connectivity index (χ2v) is 6.52. The molecule has 4 rings (SSSR count). The first kappa shape index (κ1) is 15.4. The molecule has 1 aliphatic rings. The predicted molar refractivity (Wildman–Crippen MR) is 96.4 cm³/mol. The number of pyridine rings is 1. The highest BCUT2D eigenvalue weighted by Gasteiger charge is 2.40. The van der Waals surface area contributed by atoms with E-state index in [9.17, 15) is 5.26 Å². The number of hydrogen-bond acceptors (Lipinski definition) is 4. The summed E-state index contributed by atoms with van der Waals surface area (Å²) in [7, 11) is 0. The van der Waals surface area contributed by atoms with Gasteiger partial charge >= 0.3 is 0 Å². The molecule has 25 heavy (non-hydrogen) atoms. The molecule has 124 valence electrons. The van der Waals surface area contributed by atoms with Gasteiger partial charge in [0.15, 0.2) is 0 Å². The van der Waals surface area contributed by atoms with E-state index in [0.717, 1.165) is 36.2 Å². The van der Waals surface area contributed by atoms with Crippen molar-refractivity contribution in [1.82, 2.24) is 14.8 Å². The van der Waals surface area contributed by atoms with Gasteiger partial charge in [0, 0.05) is 18.4 Å². The molecule has 2 heterocycles. The number of benzene rings is 1. The molecular formula is C20H19N5. The Kier molecular flexibility index (Phi) is 3.95. The summed E-state index contributed by atoms with van der Waals surface area (Å²) in [5, 5.41) is 17.8. The molecule has 0 amide bonds. The summed E-state index contributed by atoms with van der Waals surface area (Å²) in [5.41, 5.74) is 2.68. The van der Waals surface area contributed by atoms with Gasteiger partial charge in [0.25, 0.3) is 0 Å². The van der Waals surface area contributed by atoms with Crippen LogP contribution in [0.2, 0.25) is 0 Å². The molecule has 3 aromatic rings. The molecule has 0 bridgehead atoms. The van der Waals surface area contributed by atoms with Gasteiger partial charge in [-0.25, -0.2) is 4.68 Å². The van der Waals surface area contributed by atoms with Crippen molar-refractivity contribution in [3.63, 3.8) is 0 Å². The molecule has 2 aromatic heterocycles. The molecule has 1 N–H and O–H groups in total. The van der Waals surface area contributed by atoms with E-state index in [0.29, 0.717) is 0 Å².